The first-order chi connectivity index (χ1) is 8.71. The van der Waals surface area contributed by atoms with E-state index in [2.05, 4.69) is 6.58 Å². The van der Waals surface area contributed by atoms with Crippen molar-refractivity contribution in [3.05, 3.63) is 36.5 Å². The van der Waals surface area contributed by atoms with Crippen molar-refractivity contribution in [3.8, 4) is 0 Å². The minimum absolute atomic E-state index is 0.0445. The molecule has 0 aromatic carbocycles. The lowest BCUT2D eigenvalue weighted by Gasteiger charge is -2.18. The van der Waals surface area contributed by atoms with Gasteiger partial charge in [0.25, 0.3) is 5.91 Å². The van der Waals surface area contributed by atoms with Gasteiger partial charge in [-0.2, -0.15) is 0 Å². The predicted octanol–water partition coefficient (Wildman–Crippen LogP) is 4.60. The smallest absolute Gasteiger partial charge is 0.253 e. The number of nitrogens with zero attached hydrogens (tertiary/aromatic N) is 1. The molecule has 0 rings (SSSR count). The van der Waals surface area contributed by atoms with Crippen LogP contribution in [0.5, 0.6) is 0 Å². The van der Waals surface area contributed by atoms with Crippen LogP contribution in [0.15, 0.2) is 36.5 Å². The van der Waals surface area contributed by atoms with Crippen molar-refractivity contribution in [2.24, 2.45) is 0 Å². The number of carbonyl (C=O) groups excluding carboxylic acids is 1. The first kappa shape index (κ1) is 21.9. The molecule has 0 aliphatic heterocycles. The molecule has 0 aromatic heterocycles. The molecular formula is C16H31NO. The molecule has 0 N–H and O–H groups in total. The minimum Gasteiger partial charge on any atom is -0.339 e. The Bertz CT molecular complexity index is 248. The van der Waals surface area contributed by atoms with Crippen molar-refractivity contribution in [2.75, 3.05) is 13.1 Å². The number of likely N-dealkylation sites (N-methyl/N-ethyl adjacent to an activating group) is 1. The summed E-state index contributed by atoms with van der Waals surface area (Å²) in [5, 5.41) is 0. The third-order valence-electron chi connectivity index (χ3n) is 1.99. The standard InChI is InChI=1S/C12H19NO.2C2H6/c1-5-9-10-11(6-2)12(14)13(7-3)8-4;2*1-2/h5-6,9-10H,2,7-8H2,1,3-4H3;2*1-2H3/b9-5-,11-10+;;. The van der Waals surface area contributed by atoms with E-state index >= 15 is 0 Å². The lowest BCUT2D eigenvalue weighted by molar-refractivity contribution is -0.126. The molecular weight excluding hydrogens is 222 g/mol. The molecule has 0 aliphatic carbocycles. The number of allylic oxidation sites excluding steroid dienone is 3. The predicted molar refractivity (Wildman–Crippen MR) is 83.7 cm³/mol. The van der Waals surface area contributed by atoms with E-state index in [0.29, 0.717) is 5.57 Å². The Balaban J connectivity index is -0.000000506. The summed E-state index contributed by atoms with van der Waals surface area (Å²) >= 11 is 0. The highest BCUT2D eigenvalue weighted by Gasteiger charge is 2.11. The van der Waals surface area contributed by atoms with E-state index in [1.165, 1.54) is 0 Å². The van der Waals surface area contributed by atoms with E-state index in [9.17, 15) is 4.79 Å². The van der Waals surface area contributed by atoms with Gasteiger partial charge in [0.1, 0.15) is 0 Å². The number of rotatable bonds is 5. The van der Waals surface area contributed by atoms with E-state index in [1.54, 1.807) is 17.1 Å². The Hall–Kier alpha value is -1.31. The van der Waals surface area contributed by atoms with Gasteiger partial charge in [-0.1, -0.05) is 52.5 Å². The molecule has 0 aromatic rings. The normalized spacial score (nSPS) is 9.83. The maximum absolute atomic E-state index is 11.8. The summed E-state index contributed by atoms with van der Waals surface area (Å²) in [5.74, 6) is 0.0445. The van der Waals surface area contributed by atoms with E-state index in [-0.39, 0.29) is 5.91 Å². The highest BCUT2D eigenvalue weighted by molar-refractivity contribution is 5.96. The summed E-state index contributed by atoms with van der Waals surface area (Å²) in [7, 11) is 0. The molecule has 2 heteroatoms. The second-order valence-corrected chi connectivity index (χ2v) is 2.83. The average Bonchev–Trinajstić information content (AvgIpc) is 2.45. The Morgan fingerprint density at radius 3 is 1.83 bits per heavy atom. The molecule has 1 amide bonds. The Labute approximate surface area is 114 Å². The molecule has 0 unspecified atom stereocenters. The van der Waals surface area contributed by atoms with Gasteiger partial charge < -0.3 is 4.90 Å². The fourth-order valence-corrected chi connectivity index (χ4v) is 1.12. The fraction of sp³-hybridized carbons (Fsp3) is 0.562. The summed E-state index contributed by atoms with van der Waals surface area (Å²) < 4.78 is 0. The number of hydrogen-bond acceptors (Lipinski definition) is 1. The van der Waals surface area contributed by atoms with Gasteiger partial charge in [0.05, 0.1) is 0 Å². The molecule has 0 fully saturated rings. The molecule has 0 bridgehead atoms. The SMILES string of the molecule is C=C/C(=C\C=C/C)C(=O)N(CC)CC.CC.CC. The second-order valence-electron chi connectivity index (χ2n) is 2.83. The van der Waals surface area contributed by atoms with Gasteiger partial charge in [-0.15, -0.1) is 0 Å². The first-order valence-corrected chi connectivity index (χ1v) is 6.95. The Morgan fingerprint density at radius 2 is 1.56 bits per heavy atom. The van der Waals surface area contributed by atoms with E-state index in [0.717, 1.165) is 13.1 Å². The minimum atomic E-state index is 0.0445. The summed E-state index contributed by atoms with van der Waals surface area (Å²) in [6, 6.07) is 0. The summed E-state index contributed by atoms with van der Waals surface area (Å²) in [4.78, 5) is 13.6. The topological polar surface area (TPSA) is 20.3 Å². The van der Waals surface area contributed by atoms with Crippen LogP contribution in [0, 0.1) is 0 Å². The van der Waals surface area contributed by atoms with Crippen LogP contribution in [-0.2, 0) is 4.79 Å². The largest absolute Gasteiger partial charge is 0.339 e. The second kappa shape index (κ2) is 18.1. The highest BCUT2D eigenvalue weighted by atomic mass is 16.2. The quantitative estimate of drug-likeness (QED) is 0.518. The van der Waals surface area contributed by atoms with Crippen molar-refractivity contribution < 1.29 is 4.79 Å². The molecule has 0 aliphatic rings. The van der Waals surface area contributed by atoms with Gasteiger partial charge in [-0.05, 0) is 26.8 Å². The summed E-state index contributed by atoms with van der Waals surface area (Å²) in [6.07, 6.45) is 7.12. The highest BCUT2D eigenvalue weighted by Crippen LogP contribution is 2.03. The van der Waals surface area contributed by atoms with Crippen LogP contribution in [0.4, 0.5) is 0 Å². The van der Waals surface area contributed by atoms with E-state index < -0.39 is 0 Å². The maximum atomic E-state index is 11.8. The molecule has 0 saturated carbocycles. The van der Waals surface area contributed by atoms with Crippen molar-refractivity contribution in [3.63, 3.8) is 0 Å². The molecule has 0 spiro atoms. The third kappa shape index (κ3) is 9.88. The molecule has 18 heavy (non-hydrogen) atoms. The summed E-state index contributed by atoms with van der Waals surface area (Å²) in [5.41, 5.74) is 0.645. The van der Waals surface area contributed by atoms with Gasteiger partial charge in [0, 0.05) is 18.7 Å². The zero-order valence-corrected chi connectivity index (χ0v) is 13.3. The average molecular weight is 253 g/mol. The van der Waals surface area contributed by atoms with Crippen LogP contribution < -0.4 is 0 Å². The Morgan fingerprint density at radius 1 is 1.11 bits per heavy atom. The van der Waals surface area contributed by atoms with Gasteiger partial charge in [-0.25, -0.2) is 0 Å². The van der Waals surface area contributed by atoms with Gasteiger partial charge in [0.2, 0.25) is 0 Å². The van der Waals surface area contributed by atoms with Gasteiger partial charge >= 0.3 is 0 Å². The molecule has 0 radical (unpaired) electrons. The van der Waals surface area contributed by atoms with Crippen LogP contribution in [0.1, 0.15) is 48.5 Å². The maximum Gasteiger partial charge on any atom is 0.253 e. The zero-order chi connectivity index (χ0) is 15.0. The van der Waals surface area contributed by atoms with Gasteiger partial charge in [-0.3, -0.25) is 4.79 Å². The van der Waals surface area contributed by atoms with E-state index in [4.69, 9.17) is 0 Å². The number of hydrogen-bond donors (Lipinski definition) is 0. The van der Waals surface area contributed by atoms with E-state index in [1.807, 2.05) is 60.6 Å². The van der Waals surface area contributed by atoms with Crippen LogP contribution >= 0.6 is 0 Å². The molecule has 106 valence electrons. The summed E-state index contributed by atoms with van der Waals surface area (Å²) in [6.45, 7) is 19.0. The third-order valence-corrected chi connectivity index (χ3v) is 1.99. The van der Waals surface area contributed by atoms with Crippen LogP contribution in [0.3, 0.4) is 0 Å². The van der Waals surface area contributed by atoms with Crippen molar-refractivity contribution in [1.82, 2.24) is 4.90 Å². The van der Waals surface area contributed by atoms with Crippen LogP contribution in [0.2, 0.25) is 0 Å². The lowest BCUT2D eigenvalue weighted by Crippen LogP contribution is -2.31. The van der Waals surface area contributed by atoms with Crippen LogP contribution in [0.25, 0.3) is 0 Å². The lowest BCUT2D eigenvalue weighted by atomic mass is 10.2. The molecule has 2 nitrogen and oxygen atoms in total. The fourth-order valence-electron chi connectivity index (χ4n) is 1.12. The molecule has 0 heterocycles. The van der Waals surface area contributed by atoms with Crippen molar-refractivity contribution >= 4 is 5.91 Å². The number of carbonyl (C=O) groups is 1. The molecule has 0 atom stereocenters. The zero-order valence-electron chi connectivity index (χ0n) is 13.3. The first-order valence-electron chi connectivity index (χ1n) is 6.95. The van der Waals surface area contributed by atoms with Crippen molar-refractivity contribution in [2.45, 2.75) is 48.5 Å². The van der Waals surface area contributed by atoms with Crippen LogP contribution in [-0.4, -0.2) is 23.9 Å². The Kier molecular flexibility index (Phi) is 22.0. The monoisotopic (exact) mass is 253 g/mol. The number of amides is 1. The van der Waals surface area contributed by atoms with Crippen molar-refractivity contribution in [1.29, 1.82) is 0 Å². The van der Waals surface area contributed by atoms with Gasteiger partial charge in [0.15, 0.2) is 0 Å². The molecule has 0 saturated heterocycles.